The summed E-state index contributed by atoms with van der Waals surface area (Å²) in [6.07, 6.45) is 0. The van der Waals surface area contributed by atoms with Crippen LogP contribution in [0.25, 0.3) is 11.0 Å². The summed E-state index contributed by atoms with van der Waals surface area (Å²) in [5, 5.41) is 19.5. The number of benzene rings is 2. The Labute approximate surface area is 112 Å². The van der Waals surface area contributed by atoms with Crippen molar-refractivity contribution in [2.45, 2.75) is 0 Å². The van der Waals surface area contributed by atoms with Crippen LogP contribution in [0.2, 0.25) is 0 Å². The molecule has 0 saturated heterocycles. The van der Waals surface area contributed by atoms with Crippen LogP contribution in [0, 0.1) is 17.1 Å². The summed E-state index contributed by atoms with van der Waals surface area (Å²) in [5.41, 5.74) is 8.27. The third-order valence-electron chi connectivity index (χ3n) is 2.82. The smallest absolute Gasteiger partial charge is 0.160 e. The lowest BCUT2D eigenvalue weighted by atomic mass is 10.1. The van der Waals surface area contributed by atoms with Gasteiger partial charge < -0.3 is 11.1 Å². The Morgan fingerprint density at radius 3 is 2.70 bits per heavy atom. The molecule has 1 aromatic heterocycles. The first-order valence-electron chi connectivity index (χ1n) is 5.66. The van der Waals surface area contributed by atoms with Gasteiger partial charge in [0.15, 0.2) is 11.0 Å². The van der Waals surface area contributed by atoms with Crippen molar-refractivity contribution in [3.8, 4) is 6.07 Å². The normalized spacial score (nSPS) is 10.4. The number of rotatable bonds is 2. The van der Waals surface area contributed by atoms with Gasteiger partial charge in [-0.05, 0) is 40.6 Å². The predicted molar refractivity (Wildman–Crippen MR) is 70.6 cm³/mol. The molecule has 0 unspecified atom stereocenters. The molecule has 0 saturated carbocycles. The van der Waals surface area contributed by atoms with Gasteiger partial charge >= 0.3 is 0 Å². The van der Waals surface area contributed by atoms with Gasteiger partial charge in [0, 0.05) is 0 Å². The van der Waals surface area contributed by atoms with Crippen molar-refractivity contribution in [1.82, 2.24) is 10.3 Å². The van der Waals surface area contributed by atoms with E-state index >= 15 is 0 Å². The van der Waals surface area contributed by atoms with Crippen LogP contribution in [0.1, 0.15) is 5.56 Å². The van der Waals surface area contributed by atoms with Gasteiger partial charge in [-0.3, -0.25) is 0 Å². The van der Waals surface area contributed by atoms with Crippen molar-refractivity contribution in [1.29, 1.82) is 5.26 Å². The van der Waals surface area contributed by atoms with Gasteiger partial charge in [-0.15, -0.1) is 0 Å². The molecule has 2 aromatic carbocycles. The molecule has 98 valence electrons. The number of halogens is 1. The van der Waals surface area contributed by atoms with Gasteiger partial charge in [0.1, 0.15) is 11.9 Å². The Morgan fingerprint density at radius 2 is 1.90 bits per heavy atom. The van der Waals surface area contributed by atoms with Crippen molar-refractivity contribution in [2.24, 2.45) is 0 Å². The molecule has 3 aromatic rings. The first kappa shape index (κ1) is 11.9. The SMILES string of the molecule is N#Cc1cc(F)ccc1Nc1ccc(N)c2nonc12. The molecule has 20 heavy (non-hydrogen) atoms. The molecule has 0 aliphatic heterocycles. The number of fused-ring (bicyclic) bond motifs is 1. The highest BCUT2D eigenvalue weighted by atomic mass is 19.1. The van der Waals surface area contributed by atoms with Crippen LogP contribution >= 0.6 is 0 Å². The van der Waals surface area contributed by atoms with E-state index in [1.807, 2.05) is 6.07 Å². The highest BCUT2D eigenvalue weighted by molar-refractivity contribution is 5.96. The summed E-state index contributed by atoms with van der Waals surface area (Å²) in [4.78, 5) is 0. The third kappa shape index (κ3) is 1.89. The van der Waals surface area contributed by atoms with Crippen LogP contribution < -0.4 is 11.1 Å². The van der Waals surface area contributed by atoms with Gasteiger partial charge in [-0.1, -0.05) is 0 Å². The fourth-order valence-electron chi connectivity index (χ4n) is 1.85. The van der Waals surface area contributed by atoms with Crippen LogP contribution in [0.3, 0.4) is 0 Å². The monoisotopic (exact) mass is 269 g/mol. The average Bonchev–Trinajstić information content (AvgIpc) is 2.94. The molecule has 0 spiro atoms. The van der Waals surface area contributed by atoms with Crippen LogP contribution in [0.4, 0.5) is 21.5 Å². The number of nitrogens with two attached hydrogens (primary N) is 1. The lowest BCUT2D eigenvalue weighted by Gasteiger charge is -2.08. The molecule has 0 fully saturated rings. The summed E-state index contributed by atoms with van der Waals surface area (Å²) in [6, 6.07) is 9.14. The molecule has 6 nitrogen and oxygen atoms in total. The quantitative estimate of drug-likeness (QED) is 0.693. The zero-order valence-corrected chi connectivity index (χ0v) is 10.1. The fraction of sp³-hybridized carbons (Fsp3) is 0. The minimum absolute atomic E-state index is 0.187. The first-order chi connectivity index (χ1) is 9.69. The Kier molecular flexibility index (Phi) is 2.69. The molecular formula is C13H8FN5O. The highest BCUT2D eigenvalue weighted by Gasteiger charge is 2.12. The number of nitriles is 1. The number of nitrogen functional groups attached to an aromatic ring is 1. The van der Waals surface area contributed by atoms with Crippen LogP contribution in [0.15, 0.2) is 35.0 Å². The number of anilines is 3. The summed E-state index contributed by atoms with van der Waals surface area (Å²) in [5.74, 6) is -0.474. The number of hydrogen-bond donors (Lipinski definition) is 2. The first-order valence-corrected chi connectivity index (χ1v) is 5.66. The van der Waals surface area contributed by atoms with E-state index in [0.29, 0.717) is 28.1 Å². The molecule has 3 rings (SSSR count). The summed E-state index contributed by atoms with van der Waals surface area (Å²) >= 11 is 0. The Balaban J connectivity index is 2.08. The second-order valence-corrected chi connectivity index (χ2v) is 4.09. The number of nitrogens with zero attached hydrogens (tertiary/aromatic N) is 3. The molecule has 7 heteroatoms. The molecule has 0 atom stereocenters. The molecule has 1 heterocycles. The lowest BCUT2D eigenvalue weighted by molar-refractivity contribution is 0.316. The number of aromatic nitrogens is 2. The maximum Gasteiger partial charge on any atom is 0.160 e. The standard InChI is InChI=1S/C13H8FN5O/c14-8-1-3-10(7(5-8)6-15)17-11-4-2-9(16)12-13(11)19-20-18-12/h1-5,17H,16H2. The van der Waals surface area contributed by atoms with Gasteiger partial charge in [0.05, 0.1) is 22.6 Å². The van der Waals surface area contributed by atoms with E-state index in [-0.39, 0.29) is 5.56 Å². The second kappa shape index (κ2) is 4.51. The van der Waals surface area contributed by atoms with Crippen molar-refractivity contribution < 1.29 is 9.02 Å². The summed E-state index contributed by atoms with van der Waals surface area (Å²) in [6.45, 7) is 0. The van der Waals surface area contributed by atoms with Crippen molar-refractivity contribution in [3.63, 3.8) is 0 Å². The molecule has 0 amide bonds. The maximum atomic E-state index is 13.1. The van der Waals surface area contributed by atoms with Crippen molar-refractivity contribution in [3.05, 3.63) is 41.7 Å². The van der Waals surface area contributed by atoms with Gasteiger partial charge in [-0.25, -0.2) is 9.02 Å². The van der Waals surface area contributed by atoms with E-state index < -0.39 is 5.82 Å². The predicted octanol–water partition coefficient (Wildman–Crippen LogP) is 2.56. The summed E-state index contributed by atoms with van der Waals surface area (Å²) < 4.78 is 17.8. The summed E-state index contributed by atoms with van der Waals surface area (Å²) in [7, 11) is 0. The van der Waals surface area contributed by atoms with Gasteiger partial charge in [0.25, 0.3) is 0 Å². The molecule has 0 aliphatic rings. The number of nitrogens with one attached hydrogen (secondary N) is 1. The lowest BCUT2D eigenvalue weighted by Crippen LogP contribution is -1.96. The molecule has 0 bridgehead atoms. The Morgan fingerprint density at radius 1 is 1.15 bits per heavy atom. The van der Waals surface area contributed by atoms with Crippen molar-refractivity contribution >= 4 is 28.1 Å². The Hall–Kier alpha value is -3.14. The zero-order chi connectivity index (χ0) is 14.1. The van der Waals surface area contributed by atoms with Gasteiger partial charge in [0.2, 0.25) is 0 Å². The van der Waals surface area contributed by atoms with E-state index in [1.54, 1.807) is 12.1 Å². The topological polar surface area (TPSA) is 101 Å². The second-order valence-electron chi connectivity index (χ2n) is 4.09. The van der Waals surface area contributed by atoms with Crippen LogP contribution in [0.5, 0.6) is 0 Å². The molecular weight excluding hydrogens is 261 g/mol. The average molecular weight is 269 g/mol. The zero-order valence-electron chi connectivity index (χ0n) is 10.1. The van der Waals surface area contributed by atoms with E-state index in [1.165, 1.54) is 12.1 Å². The fourth-order valence-corrected chi connectivity index (χ4v) is 1.85. The van der Waals surface area contributed by atoms with Crippen molar-refractivity contribution in [2.75, 3.05) is 11.1 Å². The minimum Gasteiger partial charge on any atom is -0.397 e. The number of hydrogen-bond acceptors (Lipinski definition) is 6. The molecule has 3 N–H and O–H groups in total. The van der Waals surface area contributed by atoms with Crippen LogP contribution in [-0.4, -0.2) is 10.3 Å². The third-order valence-corrected chi connectivity index (χ3v) is 2.82. The molecule has 0 radical (unpaired) electrons. The molecule has 0 aliphatic carbocycles. The van der Waals surface area contributed by atoms with E-state index in [2.05, 4.69) is 20.3 Å². The Bertz CT molecular complexity index is 836. The highest BCUT2D eigenvalue weighted by Crippen LogP contribution is 2.29. The van der Waals surface area contributed by atoms with E-state index in [0.717, 1.165) is 6.07 Å². The minimum atomic E-state index is -0.474. The largest absolute Gasteiger partial charge is 0.397 e. The van der Waals surface area contributed by atoms with E-state index in [9.17, 15) is 4.39 Å². The van der Waals surface area contributed by atoms with Gasteiger partial charge in [-0.2, -0.15) is 5.26 Å². The maximum absolute atomic E-state index is 13.1. The van der Waals surface area contributed by atoms with Crippen LogP contribution in [-0.2, 0) is 0 Å². The van der Waals surface area contributed by atoms with E-state index in [4.69, 9.17) is 11.0 Å².